The van der Waals surface area contributed by atoms with Crippen LogP contribution in [0, 0.1) is 6.92 Å². The van der Waals surface area contributed by atoms with E-state index in [-0.39, 0.29) is 0 Å². The first-order chi connectivity index (χ1) is 8.56. The number of ether oxygens (including phenoxy) is 1. The van der Waals surface area contributed by atoms with Crippen LogP contribution in [-0.4, -0.2) is 0 Å². The predicted octanol–water partition coefficient (Wildman–Crippen LogP) is 5.64. The van der Waals surface area contributed by atoms with Gasteiger partial charge in [-0.1, -0.05) is 39.1 Å². The Morgan fingerprint density at radius 3 is 2.61 bits per heavy atom. The summed E-state index contributed by atoms with van der Waals surface area (Å²) in [6.07, 6.45) is 0. The molecule has 0 atom stereocenters. The van der Waals surface area contributed by atoms with Crippen LogP contribution in [0.25, 0.3) is 0 Å². The number of benzene rings is 2. The topological polar surface area (TPSA) is 9.23 Å². The average Bonchev–Trinajstić information content (AvgIpc) is 2.32. The standard InChI is InChI=1S/C14H11BrCl2O/c1-9-6-11(15)2-5-14(9)18-8-10-7-12(16)3-4-13(10)17/h2-7H,8H2,1H3. The van der Waals surface area contributed by atoms with Gasteiger partial charge in [0.1, 0.15) is 12.4 Å². The van der Waals surface area contributed by atoms with Crippen LogP contribution >= 0.6 is 39.1 Å². The molecule has 0 heterocycles. The van der Waals surface area contributed by atoms with E-state index >= 15 is 0 Å². The second-order valence-electron chi connectivity index (χ2n) is 3.93. The molecule has 18 heavy (non-hydrogen) atoms. The molecule has 0 saturated heterocycles. The zero-order valence-corrected chi connectivity index (χ0v) is 12.8. The quantitative estimate of drug-likeness (QED) is 0.699. The fourth-order valence-corrected chi connectivity index (χ4v) is 2.43. The smallest absolute Gasteiger partial charge is 0.122 e. The van der Waals surface area contributed by atoms with Gasteiger partial charge in [0.15, 0.2) is 0 Å². The molecule has 0 aliphatic carbocycles. The third-order valence-electron chi connectivity index (χ3n) is 2.53. The number of hydrogen-bond donors (Lipinski definition) is 0. The fourth-order valence-electron chi connectivity index (χ4n) is 1.58. The molecule has 2 rings (SSSR count). The van der Waals surface area contributed by atoms with Gasteiger partial charge >= 0.3 is 0 Å². The highest BCUT2D eigenvalue weighted by Gasteiger charge is 2.04. The maximum Gasteiger partial charge on any atom is 0.122 e. The second-order valence-corrected chi connectivity index (χ2v) is 5.69. The number of halogens is 3. The second kappa shape index (κ2) is 5.96. The Labute approximate surface area is 125 Å². The lowest BCUT2D eigenvalue weighted by atomic mass is 10.2. The van der Waals surface area contributed by atoms with Gasteiger partial charge in [-0.3, -0.25) is 0 Å². The van der Waals surface area contributed by atoms with E-state index in [2.05, 4.69) is 15.9 Å². The summed E-state index contributed by atoms with van der Waals surface area (Å²) in [5.74, 6) is 0.842. The van der Waals surface area contributed by atoms with Gasteiger partial charge in [0.05, 0.1) is 0 Å². The molecular weight excluding hydrogens is 335 g/mol. The molecule has 0 saturated carbocycles. The summed E-state index contributed by atoms with van der Waals surface area (Å²) >= 11 is 15.4. The van der Waals surface area contributed by atoms with Crippen molar-refractivity contribution in [2.75, 3.05) is 0 Å². The SMILES string of the molecule is Cc1cc(Br)ccc1OCc1cc(Cl)ccc1Cl. The highest BCUT2D eigenvalue weighted by molar-refractivity contribution is 9.10. The van der Waals surface area contributed by atoms with Crippen LogP contribution in [0.1, 0.15) is 11.1 Å². The summed E-state index contributed by atoms with van der Waals surface area (Å²) in [5, 5.41) is 1.32. The van der Waals surface area contributed by atoms with Crippen LogP contribution in [0.5, 0.6) is 5.75 Å². The molecule has 0 aliphatic heterocycles. The number of rotatable bonds is 3. The van der Waals surface area contributed by atoms with Crippen molar-refractivity contribution < 1.29 is 4.74 Å². The lowest BCUT2D eigenvalue weighted by Gasteiger charge is -2.10. The zero-order valence-electron chi connectivity index (χ0n) is 9.71. The molecule has 0 aromatic heterocycles. The summed E-state index contributed by atoms with van der Waals surface area (Å²) in [7, 11) is 0. The van der Waals surface area contributed by atoms with E-state index in [0.29, 0.717) is 16.7 Å². The maximum atomic E-state index is 6.08. The Bertz CT molecular complexity index is 570. The summed E-state index contributed by atoms with van der Waals surface area (Å²) in [6, 6.07) is 11.2. The highest BCUT2D eigenvalue weighted by atomic mass is 79.9. The molecule has 2 aromatic rings. The molecule has 0 amide bonds. The molecule has 0 N–H and O–H groups in total. The minimum absolute atomic E-state index is 0.405. The molecule has 0 aliphatic rings. The van der Waals surface area contributed by atoms with E-state index in [1.807, 2.05) is 31.2 Å². The van der Waals surface area contributed by atoms with Gasteiger partial charge in [0.25, 0.3) is 0 Å². The van der Waals surface area contributed by atoms with Gasteiger partial charge in [-0.25, -0.2) is 0 Å². The van der Waals surface area contributed by atoms with E-state index in [1.165, 1.54) is 0 Å². The normalized spacial score (nSPS) is 10.4. The molecule has 0 spiro atoms. The van der Waals surface area contributed by atoms with Crippen molar-refractivity contribution in [2.45, 2.75) is 13.5 Å². The van der Waals surface area contributed by atoms with E-state index in [1.54, 1.807) is 12.1 Å². The Balaban J connectivity index is 2.13. The molecule has 0 radical (unpaired) electrons. The van der Waals surface area contributed by atoms with E-state index in [0.717, 1.165) is 21.3 Å². The van der Waals surface area contributed by atoms with Crippen molar-refractivity contribution in [3.63, 3.8) is 0 Å². The van der Waals surface area contributed by atoms with Crippen LogP contribution in [0.3, 0.4) is 0 Å². The van der Waals surface area contributed by atoms with Crippen molar-refractivity contribution in [2.24, 2.45) is 0 Å². The highest BCUT2D eigenvalue weighted by Crippen LogP contribution is 2.25. The monoisotopic (exact) mass is 344 g/mol. The maximum absolute atomic E-state index is 6.08. The zero-order chi connectivity index (χ0) is 13.1. The summed E-state index contributed by atoms with van der Waals surface area (Å²) in [5.41, 5.74) is 1.95. The molecule has 0 bridgehead atoms. The van der Waals surface area contributed by atoms with Gasteiger partial charge < -0.3 is 4.74 Å². The Morgan fingerprint density at radius 2 is 1.89 bits per heavy atom. The van der Waals surface area contributed by atoms with Gasteiger partial charge in [0.2, 0.25) is 0 Å². The van der Waals surface area contributed by atoms with Crippen molar-refractivity contribution in [1.82, 2.24) is 0 Å². The fraction of sp³-hybridized carbons (Fsp3) is 0.143. The Kier molecular flexibility index (Phi) is 4.55. The summed E-state index contributed by atoms with van der Waals surface area (Å²) in [4.78, 5) is 0. The van der Waals surface area contributed by atoms with Crippen LogP contribution in [-0.2, 0) is 6.61 Å². The van der Waals surface area contributed by atoms with E-state index in [9.17, 15) is 0 Å². The molecule has 94 valence electrons. The molecule has 4 heteroatoms. The minimum Gasteiger partial charge on any atom is -0.489 e. The van der Waals surface area contributed by atoms with Gasteiger partial charge in [0, 0.05) is 20.1 Å². The summed E-state index contributed by atoms with van der Waals surface area (Å²) in [6.45, 7) is 2.40. The van der Waals surface area contributed by atoms with Crippen LogP contribution in [0.2, 0.25) is 10.0 Å². The Morgan fingerprint density at radius 1 is 1.11 bits per heavy atom. The lowest BCUT2D eigenvalue weighted by molar-refractivity contribution is 0.304. The molecule has 0 unspecified atom stereocenters. The number of aryl methyl sites for hydroxylation is 1. The molecule has 2 aromatic carbocycles. The first-order valence-corrected chi connectivity index (χ1v) is 6.94. The van der Waals surface area contributed by atoms with Gasteiger partial charge in [-0.2, -0.15) is 0 Å². The van der Waals surface area contributed by atoms with Gasteiger partial charge in [-0.15, -0.1) is 0 Å². The van der Waals surface area contributed by atoms with Crippen LogP contribution in [0.4, 0.5) is 0 Å². The third kappa shape index (κ3) is 3.41. The van der Waals surface area contributed by atoms with Crippen molar-refractivity contribution in [1.29, 1.82) is 0 Å². The molecule has 0 fully saturated rings. The van der Waals surface area contributed by atoms with Gasteiger partial charge in [-0.05, 0) is 48.9 Å². The summed E-state index contributed by atoms with van der Waals surface area (Å²) < 4.78 is 6.79. The molecule has 1 nitrogen and oxygen atoms in total. The minimum atomic E-state index is 0.405. The third-order valence-corrected chi connectivity index (χ3v) is 3.62. The van der Waals surface area contributed by atoms with Crippen molar-refractivity contribution >= 4 is 39.1 Å². The average molecular weight is 346 g/mol. The van der Waals surface area contributed by atoms with Crippen molar-refractivity contribution in [3.8, 4) is 5.75 Å². The van der Waals surface area contributed by atoms with E-state index in [4.69, 9.17) is 27.9 Å². The van der Waals surface area contributed by atoms with Crippen LogP contribution < -0.4 is 4.74 Å². The van der Waals surface area contributed by atoms with E-state index < -0.39 is 0 Å². The molecular formula is C14H11BrCl2O. The van der Waals surface area contributed by atoms with Crippen LogP contribution in [0.15, 0.2) is 40.9 Å². The largest absolute Gasteiger partial charge is 0.489 e. The number of hydrogen-bond acceptors (Lipinski definition) is 1. The first-order valence-electron chi connectivity index (χ1n) is 5.39. The van der Waals surface area contributed by atoms with Crippen molar-refractivity contribution in [3.05, 3.63) is 62.0 Å². The Hall–Kier alpha value is -0.700. The first kappa shape index (κ1) is 13.7. The lowest BCUT2D eigenvalue weighted by Crippen LogP contribution is -1.97. The predicted molar refractivity (Wildman–Crippen MR) is 79.7 cm³/mol.